The first-order chi connectivity index (χ1) is 10.2. The number of imidazole rings is 1. The molecule has 0 radical (unpaired) electrons. The molecule has 2 rings (SSSR count). The van der Waals surface area contributed by atoms with Gasteiger partial charge in [0.2, 0.25) is 0 Å². The van der Waals surface area contributed by atoms with E-state index in [1.54, 1.807) is 25.7 Å². The van der Waals surface area contributed by atoms with Crippen LogP contribution in [0.4, 0.5) is 4.39 Å². The Balaban J connectivity index is 1.88. The summed E-state index contributed by atoms with van der Waals surface area (Å²) in [5.41, 5.74) is 1.76. The molecule has 0 aliphatic carbocycles. The summed E-state index contributed by atoms with van der Waals surface area (Å²) in [5.74, 6) is -0.111. The number of benzene rings is 1. The number of halogens is 1. The third-order valence-electron chi connectivity index (χ3n) is 3.10. The van der Waals surface area contributed by atoms with Crippen LogP contribution in [0.3, 0.4) is 0 Å². The first-order valence-electron chi connectivity index (χ1n) is 6.77. The number of nitrogens with one attached hydrogen (secondary N) is 1. The van der Waals surface area contributed by atoms with Gasteiger partial charge < -0.3 is 19.4 Å². The van der Waals surface area contributed by atoms with Crippen LogP contribution in [0.5, 0.6) is 5.75 Å². The molecule has 5 nitrogen and oxygen atoms in total. The van der Waals surface area contributed by atoms with Crippen molar-refractivity contribution < 1.29 is 13.9 Å². The molecule has 0 unspecified atom stereocenters. The molecule has 1 aromatic heterocycles. The van der Waals surface area contributed by atoms with E-state index < -0.39 is 0 Å². The largest absolute Gasteiger partial charge is 0.484 e. The summed E-state index contributed by atoms with van der Waals surface area (Å²) >= 11 is 0. The normalized spacial score (nSPS) is 10.8. The lowest BCUT2D eigenvalue weighted by atomic mass is 10.2. The fourth-order valence-corrected chi connectivity index (χ4v) is 1.85. The van der Waals surface area contributed by atoms with Crippen LogP contribution in [0.25, 0.3) is 0 Å². The number of hydrogen-bond donors (Lipinski definition) is 1. The Morgan fingerprint density at radius 2 is 2.24 bits per heavy atom. The van der Waals surface area contributed by atoms with Crippen LogP contribution in [0, 0.1) is 5.82 Å². The lowest BCUT2D eigenvalue weighted by molar-refractivity contribution is 0.199. The zero-order valence-electron chi connectivity index (χ0n) is 12.3. The lowest BCUT2D eigenvalue weighted by Gasteiger charge is -2.09. The first kappa shape index (κ1) is 15.5. The highest BCUT2D eigenvalue weighted by molar-refractivity contribution is 5.29. The number of rotatable bonds is 8. The van der Waals surface area contributed by atoms with E-state index in [9.17, 15) is 4.39 Å². The van der Waals surface area contributed by atoms with E-state index in [0.29, 0.717) is 19.8 Å². The maximum absolute atomic E-state index is 14.0. The maximum atomic E-state index is 14.0. The minimum Gasteiger partial charge on any atom is -0.484 e. The topological polar surface area (TPSA) is 48.3 Å². The van der Waals surface area contributed by atoms with Gasteiger partial charge in [-0.05, 0) is 17.7 Å². The van der Waals surface area contributed by atoms with Crippen molar-refractivity contribution in [3.8, 4) is 5.75 Å². The zero-order valence-corrected chi connectivity index (χ0v) is 12.3. The van der Waals surface area contributed by atoms with Crippen LogP contribution in [0.2, 0.25) is 0 Å². The van der Waals surface area contributed by atoms with Gasteiger partial charge in [-0.3, -0.25) is 0 Å². The summed E-state index contributed by atoms with van der Waals surface area (Å²) in [5, 5.41) is 3.17. The van der Waals surface area contributed by atoms with Gasteiger partial charge in [0, 0.05) is 27.2 Å². The maximum Gasteiger partial charge on any atom is 0.165 e. The molecule has 0 saturated carbocycles. The Bertz CT molecular complexity index is 572. The van der Waals surface area contributed by atoms with Gasteiger partial charge in [0.25, 0.3) is 0 Å². The van der Waals surface area contributed by atoms with Gasteiger partial charge in [0.1, 0.15) is 6.61 Å². The van der Waals surface area contributed by atoms with Gasteiger partial charge in [-0.25, -0.2) is 9.37 Å². The number of hydrogen-bond acceptors (Lipinski definition) is 4. The van der Waals surface area contributed by atoms with Crippen molar-refractivity contribution >= 4 is 0 Å². The summed E-state index contributed by atoms with van der Waals surface area (Å²) in [4.78, 5) is 3.99. The van der Waals surface area contributed by atoms with E-state index >= 15 is 0 Å². The van der Waals surface area contributed by atoms with E-state index in [1.165, 1.54) is 6.07 Å². The van der Waals surface area contributed by atoms with Gasteiger partial charge in [-0.15, -0.1) is 0 Å². The van der Waals surface area contributed by atoms with Crippen molar-refractivity contribution in [2.75, 3.05) is 20.3 Å². The molecule has 2 aromatic rings. The molecule has 114 valence electrons. The van der Waals surface area contributed by atoms with Crippen LogP contribution in [-0.2, 0) is 24.9 Å². The number of aromatic nitrogens is 2. The predicted molar refractivity (Wildman–Crippen MR) is 77.5 cm³/mol. The summed E-state index contributed by atoms with van der Waals surface area (Å²) < 4.78 is 26.2. The van der Waals surface area contributed by atoms with Gasteiger partial charge in [-0.1, -0.05) is 6.07 Å². The predicted octanol–water partition coefficient (Wildman–Crippen LogP) is 1.87. The minimum absolute atomic E-state index is 0.247. The second-order valence-electron chi connectivity index (χ2n) is 4.72. The Hall–Kier alpha value is -1.92. The highest BCUT2D eigenvalue weighted by Gasteiger charge is 2.06. The highest BCUT2D eigenvalue weighted by atomic mass is 19.1. The highest BCUT2D eigenvalue weighted by Crippen LogP contribution is 2.19. The number of ether oxygens (including phenoxy) is 2. The summed E-state index contributed by atoms with van der Waals surface area (Å²) in [7, 11) is 3.52. The van der Waals surface area contributed by atoms with Crippen LogP contribution in [0.1, 0.15) is 11.3 Å². The van der Waals surface area contributed by atoms with Gasteiger partial charge in [0.15, 0.2) is 11.6 Å². The summed E-state index contributed by atoms with van der Waals surface area (Å²) in [6, 6.07) is 4.98. The summed E-state index contributed by atoms with van der Waals surface area (Å²) in [6.07, 6.45) is 3.38. The molecule has 0 bridgehead atoms. The standard InChI is InChI=1S/C15H20FN3O2/c1-19-11-18-9-13(19)10-21-15-4-3-12(7-14(15)16)8-17-5-6-20-2/h3-4,7,9,11,17H,5-6,8,10H2,1-2H3. The molecule has 1 heterocycles. The van der Waals surface area contributed by atoms with E-state index in [1.807, 2.05) is 17.7 Å². The lowest BCUT2D eigenvalue weighted by Crippen LogP contribution is -2.18. The van der Waals surface area contributed by atoms with Gasteiger partial charge in [0.05, 0.1) is 24.8 Å². The van der Waals surface area contributed by atoms with E-state index in [-0.39, 0.29) is 11.6 Å². The Kier molecular flexibility index (Phi) is 5.71. The number of aryl methyl sites for hydroxylation is 1. The Labute approximate surface area is 123 Å². The average molecular weight is 293 g/mol. The Morgan fingerprint density at radius 1 is 1.38 bits per heavy atom. The quantitative estimate of drug-likeness (QED) is 0.755. The fourth-order valence-electron chi connectivity index (χ4n) is 1.85. The second-order valence-corrected chi connectivity index (χ2v) is 4.72. The smallest absolute Gasteiger partial charge is 0.165 e. The van der Waals surface area contributed by atoms with Crippen LogP contribution in [0.15, 0.2) is 30.7 Å². The molecule has 0 fully saturated rings. The van der Waals surface area contributed by atoms with Crippen LogP contribution < -0.4 is 10.1 Å². The molecule has 1 aromatic carbocycles. The SMILES string of the molecule is COCCNCc1ccc(OCc2cncn2C)c(F)c1. The average Bonchev–Trinajstić information content (AvgIpc) is 2.88. The molecule has 21 heavy (non-hydrogen) atoms. The molecule has 0 aliphatic rings. The zero-order chi connectivity index (χ0) is 15.1. The second kappa shape index (κ2) is 7.75. The van der Waals surface area contributed by atoms with Crippen molar-refractivity contribution in [2.45, 2.75) is 13.2 Å². The molecule has 0 atom stereocenters. The molecule has 0 amide bonds. The van der Waals surface area contributed by atoms with E-state index in [0.717, 1.165) is 17.8 Å². The molecule has 1 N–H and O–H groups in total. The molecule has 0 saturated heterocycles. The molecular weight excluding hydrogens is 273 g/mol. The van der Waals surface area contributed by atoms with Gasteiger partial charge in [-0.2, -0.15) is 0 Å². The third kappa shape index (κ3) is 4.54. The minimum atomic E-state index is -0.358. The monoisotopic (exact) mass is 293 g/mol. The van der Waals surface area contributed by atoms with E-state index in [4.69, 9.17) is 9.47 Å². The molecule has 0 aliphatic heterocycles. The molecular formula is C15H20FN3O2. The number of methoxy groups -OCH3 is 1. The van der Waals surface area contributed by atoms with Crippen molar-refractivity contribution in [3.63, 3.8) is 0 Å². The van der Waals surface area contributed by atoms with Crippen LogP contribution in [-0.4, -0.2) is 29.8 Å². The number of nitrogens with zero attached hydrogens (tertiary/aromatic N) is 2. The van der Waals surface area contributed by atoms with Crippen LogP contribution >= 0.6 is 0 Å². The van der Waals surface area contributed by atoms with Gasteiger partial charge >= 0.3 is 0 Å². The van der Waals surface area contributed by atoms with E-state index in [2.05, 4.69) is 10.3 Å². The molecule has 0 spiro atoms. The van der Waals surface area contributed by atoms with Crippen molar-refractivity contribution in [2.24, 2.45) is 7.05 Å². The Morgan fingerprint density at radius 3 is 2.90 bits per heavy atom. The fraction of sp³-hybridized carbons (Fsp3) is 0.400. The van der Waals surface area contributed by atoms with Crippen molar-refractivity contribution in [1.82, 2.24) is 14.9 Å². The first-order valence-corrected chi connectivity index (χ1v) is 6.77. The molecule has 6 heteroatoms. The van der Waals surface area contributed by atoms with Crippen molar-refractivity contribution in [3.05, 3.63) is 47.8 Å². The van der Waals surface area contributed by atoms with Crippen molar-refractivity contribution in [1.29, 1.82) is 0 Å². The third-order valence-corrected chi connectivity index (χ3v) is 3.10. The summed E-state index contributed by atoms with van der Waals surface area (Å²) in [6.45, 7) is 2.26.